The van der Waals surface area contributed by atoms with Gasteiger partial charge < -0.3 is 15.1 Å². The summed E-state index contributed by atoms with van der Waals surface area (Å²) in [5.74, 6) is 1.07. The third-order valence-corrected chi connectivity index (χ3v) is 6.55. The van der Waals surface area contributed by atoms with E-state index in [1.54, 1.807) is 23.1 Å². The number of carbonyl (C=O) groups is 1. The molecule has 3 heterocycles. The van der Waals surface area contributed by atoms with E-state index in [0.717, 1.165) is 48.2 Å². The van der Waals surface area contributed by atoms with Crippen molar-refractivity contribution >= 4 is 52.4 Å². The maximum atomic E-state index is 12.8. The first-order chi connectivity index (χ1) is 12.3. The first-order valence-electron chi connectivity index (χ1n) is 8.49. The minimum atomic E-state index is -0.105. The van der Waals surface area contributed by atoms with Crippen LogP contribution in [-0.4, -0.2) is 25.0 Å². The van der Waals surface area contributed by atoms with Gasteiger partial charge in [0.15, 0.2) is 5.76 Å². The molecule has 2 aromatic heterocycles. The highest BCUT2D eigenvalue weighted by Gasteiger charge is 2.23. The molecule has 0 spiro atoms. The topological polar surface area (TPSA) is 54.3 Å². The molecule has 0 radical (unpaired) electrons. The van der Waals surface area contributed by atoms with Crippen molar-refractivity contribution in [1.29, 1.82) is 0 Å². The van der Waals surface area contributed by atoms with Gasteiger partial charge in [-0.1, -0.05) is 24.3 Å². The maximum Gasteiger partial charge on any atom is 0.287 e. The summed E-state index contributed by atoms with van der Waals surface area (Å²) in [4.78, 5) is 12.8. The van der Waals surface area contributed by atoms with Crippen molar-refractivity contribution in [2.24, 2.45) is 0 Å². The Hall–Kier alpha value is -1.47. The lowest BCUT2D eigenvalue weighted by molar-refractivity contribution is 0.0904. The summed E-state index contributed by atoms with van der Waals surface area (Å²) in [7, 11) is 0. The van der Waals surface area contributed by atoms with Gasteiger partial charge in [-0.2, -0.15) is 0 Å². The summed E-state index contributed by atoms with van der Waals surface area (Å²) in [5, 5.41) is 9.55. The molecule has 7 heteroatoms. The van der Waals surface area contributed by atoms with Crippen LogP contribution >= 0.6 is 35.5 Å². The molecular weight excluding hydrogens is 388 g/mol. The molecule has 1 aliphatic heterocycles. The van der Waals surface area contributed by atoms with Crippen LogP contribution in [0.15, 0.2) is 50.4 Å². The second-order valence-corrected chi connectivity index (χ2v) is 8.37. The maximum absolute atomic E-state index is 12.8. The van der Waals surface area contributed by atoms with Gasteiger partial charge in [0.1, 0.15) is 5.58 Å². The third kappa shape index (κ3) is 4.26. The van der Waals surface area contributed by atoms with E-state index in [2.05, 4.69) is 22.1 Å². The standard InChI is InChI=1S/C19H20N2O2S2.ClH/c22-19(21-13-5-3-9-20-11-13)18-15(12-25-17-8-4-10-24-17)14-6-1-2-7-16(14)23-18;/h1-2,4,6-8,10,13,20H,3,5,9,11-12H2,(H,21,22);1H. The summed E-state index contributed by atoms with van der Waals surface area (Å²) in [5.41, 5.74) is 1.76. The molecule has 0 saturated carbocycles. The highest BCUT2D eigenvalue weighted by molar-refractivity contribution is 8.00. The molecule has 138 valence electrons. The van der Waals surface area contributed by atoms with Gasteiger partial charge in [-0.05, 0) is 36.9 Å². The molecule has 1 atom stereocenters. The highest BCUT2D eigenvalue weighted by atomic mass is 35.5. The van der Waals surface area contributed by atoms with Crippen LogP contribution in [-0.2, 0) is 5.75 Å². The largest absolute Gasteiger partial charge is 0.451 e. The minimum Gasteiger partial charge on any atom is -0.451 e. The average Bonchev–Trinajstić information content (AvgIpc) is 3.28. The summed E-state index contributed by atoms with van der Waals surface area (Å²) in [6.07, 6.45) is 2.10. The van der Waals surface area contributed by atoms with Crippen LogP contribution in [0.25, 0.3) is 11.0 Å². The van der Waals surface area contributed by atoms with E-state index in [9.17, 15) is 4.79 Å². The molecule has 1 aromatic carbocycles. The van der Waals surface area contributed by atoms with Gasteiger partial charge >= 0.3 is 0 Å². The van der Waals surface area contributed by atoms with E-state index in [1.807, 2.05) is 30.3 Å². The summed E-state index contributed by atoms with van der Waals surface area (Å²) in [6.45, 7) is 1.85. The number of nitrogens with one attached hydrogen (secondary N) is 2. The number of halogens is 1. The fourth-order valence-electron chi connectivity index (χ4n) is 3.14. The number of hydrogen-bond donors (Lipinski definition) is 2. The van der Waals surface area contributed by atoms with Crippen molar-refractivity contribution in [3.05, 3.63) is 53.1 Å². The van der Waals surface area contributed by atoms with Gasteiger partial charge in [0.2, 0.25) is 0 Å². The zero-order valence-electron chi connectivity index (χ0n) is 14.2. The van der Waals surface area contributed by atoms with Gasteiger partial charge in [0.05, 0.1) is 4.21 Å². The number of thioether (sulfide) groups is 1. The number of furan rings is 1. The van der Waals surface area contributed by atoms with Crippen LogP contribution in [0.1, 0.15) is 29.0 Å². The van der Waals surface area contributed by atoms with Gasteiger partial charge in [0.25, 0.3) is 5.91 Å². The normalized spacial score (nSPS) is 17.0. The van der Waals surface area contributed by atoms with Gasteiger partial charge in [-0.15, -0.1) is 35.5 Å². The van der Waals surface area contributed by atoms with Gasteiger partial charge in [-0.25, -0.2) is 0 Å². The van der Waals surface area contributed by atoms with Crippen LogP contribution in [0.5, 0.6) is 0 Å². The smallest absolute Gasteiger partial charge is 0.287 e. The van der Waals surface area contributed by atoms with Crippen molar-refractivity contribution in [3.63, 3.8) is 0 Å². The second kappa shape index (κ2) is 8.95. The van der Waals surface area contributed by atoms with E-state index in [4.69, 9.17) is 4.42 Å². The van der Waals surface area contributed by atoms with Crippen LogP contribution in [0.3, 0.4) is 0 Å². The highest BCUT2D eigenvalue weighted by Crippen LogP contribution is 2.33. The monoisotopic (exact) mass is 408 g/mol. The van der Waals surface area contributed by atoms with Crippen LogP contribution in [0, 0.1) is 0 Å². The van der Waals surface area contributed by atoms with E-state index in [0.29, 0.717) is 5.76 Å². The molecule has 0 bridgehead atoms. The van der Waals surface area contributed by atoms with Crippen molar-refractivity contribution in [1.82, 2.24) is 10.6 Å². The Kier molecular flexibility index (Phi) is 6.64. The fraction of sp³-hybridized carbons (Fsp3) is 0.316. The Morgan fingerprint density at radius 2 is 2.19 bits per heavy atom. The zero-order valence-corrected chi connectivity index (χ0v) is 16.6. The van der Waals surface area contributed by atoms with Crippen LogP contribution in [0.2, 0.25) is 0 Å². The number of para-hydroxylation sites is 1. The molecule has 2 N–H and O–H groups in total. The SMILES string of the molecule is Cl.O=C(NC1CCCNC1)c1oc2ccccc2c1CSc1cccs1. The van der Waals surface area contributed by atoms with Crippen molar-refractivity contribution < 1.29 is 9.21 Å². The molecular formula is C19H21ClN2O2S2. The number of piperidine rings is 1. The number of fused-ring (bicyclic) bond motifs is 1. The minimum absolute atomic E-state index is 0. The third-order valence-electron chi connectivity index (χ3n) is 4.39. The summed E-state index contributed by atoms with van der Waals surface area (Å²) in [6, 6.07) is 12.2. The van der Waals surface area contributed by atoms with E-state index in [1.165, 1.54) is 4.21 Å². The Labute approximate surface area is 167 Å². The van der Waals surface area contributed by atoms with Crippen molar-refractivity contribution in [2.75, 3.05) is 13.1 Å². The molecule has 26 heavy (non-hydrogen) atoms. The van der Waals surface area contributed by atoms with Crippen molar-refractivity contribution in [3.8, 4) is 0 Å². The molecule has 1 aliphatic rings. The fourth-order valence-corrected chi connectivity index (χ4v) is 4.95. The Morgan fingerprint density at radius 3 is 2.96 bits per heavy atom. The number of hydrogen-bond acceptors (Lipinski definition) is 5. The Bertz CT molecular complexity index is 858. The molecule has 4 rings (SSSR count). The first kappa shape index (κ1) is 19.3. The van der Waals surface area contributed by atoms with E-state index in [-0.39, 0.29) is 24.4 Å². The number of thiophene rings is 1. The number of amides is 1. The molecule has 1 saturated heterocycles. The zero-order chi connectivity index (χ0) is 17.1. The second-order valence-electron chi connectivity index (χ2n) is 6.14. The molecule has 1 fully saturated rings. The lowest BCUT2D eigenvalue weighted by Gasteiger charge is -2.23. The Morgan fingerprint density at radius 1 is 1.31 bits per heavy atom. The molecule has 0 aliphatic carbocycles. The Balaban J connectivity index is 0.00000196. The summed E-state index contributed by atoms with van der Waals surface area (Å²) >= 11 is 3.46. The van der Waals surface area contributed by atoms with Crippen LogP contribution in [0.4, 0.5) is 0 Å². The number of benzene rings is 1. The molecule has 3 aromatic rings. The molecule has 4 nitrogen and oxygen atoms in total. The van der Waals surface area contributed by atoms with E-state index < -0.39 is 0 Å². The predicted molar refractivity (Wildman–Crippen MR) is 111 cm³/mol. The first-order valence-corrected chi connectivity index (χ1v) is 10.4. The lowest BCUT2D eigenvalue weighted by atomic mass is 10.1. The number of rotatable bonds is 5. The number of carbonyl (C=O) groups excluding carboxylic acids is 1. The van der Waals surface area contributed by atoms with Gasteiger partial charge in [-0.3, -0.25) is 4.79 Å². The average molecular weight is 409 g/mol. The predicted octanol–water partition coefficient (Wildman–Crippen LogP) is 4.69. The van der Waals surface area contributed by atoms with E-state index >= 15 is 0 Å². The molecule has 1 amide bonds. The van der Waals surface area contributed by atoms with Crippen molar-refractivity contribution in [2.45, 2.75) is 28.8 Å². The van der Waals surface area contributed by atoms with Crippen LogP contribution < -0.4 is 10.6 Å². The molecule has 1 unspecified atom stereocenters. The quantitative estimate of drug-likeness (QED) is 0.601. The lowest BCUT2D eigenvalue weighted by Crippen LogP contribution is -2.45. The summed E-state index contributed by atoms with van der Waals surface area (Å²) < 4.78 is 7.17. The van der Waals surface area contributed by atoms with Gasteiger partial charge in [0, 0.05) is 29.3 Å².